The summed E-state index contributed by atoms with van der Waals surface area (Å²) >= 11 is 3.36. The van der Waals surface area contributed by atoms with E-state index in [1.807, 2.05) is 19.1 Å². The third-order valence-electron chi connectivity index (χ3n) is 3.97. The molecule has 26 heavy (non-hydrogen) atoms. The summed E-state index contributed by atoms with van der Waals surface area (Å²) in [6, 6.07) is 10.2. The van der Waals surface area contributed by atoms with Gasteiger partial charge in [0.05, 0.1) is 4.92 Å². The quantitative estimate of drug-likeness (QED) is 0.524. The zero-order chi connectivity index (χ0) is 19.5. The van der Waals surface area contributed by atoms with Gasteiger partial charge in [0.1, 0.15) is 5.75 Å². The van der Waals surface area contributed by atoms with Gasteiger partial charge in [0, 0.05) is 22.3 Å². The summed E-state index contributed by atoms with van der Waals surface area (Å²) in [6.45, 7) is 6.98. The standard InChI is InChI=1S/C19H21BrN2O4/c1-5-13-11-15(22(24)25)10-12(2)17(13)21-18(23)19(3,4)26-16-8-6-14(20)7-9-16/h6-11H,5H2,1-4H3,(H,21,23). The Kier molecular flexibility index (Phi) is 6.02. The van der Waals surface area contributed by atoms with Crippen molar-refractivity contribution < 1.29 is 14.5 Å². The lowest BCUT2D eigenvalue weighted by Gasteiger charge is -2.26. The second kappa shape index (κ2) is 7.86. The summed E-state index contributed by atoms with van der Waals surface area (Å²) in [5.41, 5.74) is 0.846. The van der Waals surface area contributed by atoms with Gasteiger partial charge in [-0.1, -0.05) is 22.9 Å². The predicted octanol–water partition coefficient (Wildman–Crippen LogP) is 5.02. The van der Waals surface area contributed by atoms with Crippen molar-refractivity contribution in [3.05, 3.63) is 62.1 Å². The van der Waals surface area contributed by atoms with Crippen LogP contribution in [0.25, 0.3) is 0 Å². The van der Waals surface area contributed by atoms with Crippen LogP contribution in [0.15, 0.2) is 40.9 Å². The summed E-state index contributed by atoms with van der Waals surface area (Å²) < 4.78 is 6.74. The Morgan fingerprint density at radius 3 is 2.42 bits per heavy atom. The summed E-state index contributed by atoms with van der Waals surface area (Å²) in [4.78, 5) is 23.4. The van der Waals surface area contributed by atoms with E-state index >= 15 is 0 Å². The Labute approximate surface area is 160 Å². The van der Waals surface area contributed by atoms with Crippen LogP contribution in [0, 0.1) is 17.0 Å². The highest BCUT2D eigenvalue weighted by atomic mass is 79.9. The van der Waals surface area contributed by atoms with Crippen molar-refractivity contribution in [2.75, 3.05) is 5.32 Å². The molecule has 2 aromatic carbocycles. The third-order valence-corrected chi connectivity index (χ3v) is 4.49. The summed E-state index contributed by atoms with van der Waals surface area (Å²) in [5.74, 6) is 0.247. The molecular formula is C19H21BrN2O4. The average Bonchev–Trinajstić information content (AvgIpc) is 2.57. The molecule has 0 radical (unpaired) electrons. The maximum absolute atomic E-state index is 12.8. The van der Waals surface area contributed by atoms with E-state index in [4.69, 9.17) is 4.74 Å². The van der Waals surface area contributed by atoms with E-state index in [1.165, 1.54) is 12.1 Å². The zero-order valence-corrected chi connectivity index (χ0v) is 16.7. The van der Waals surface area contributed by atoms with E-state index in [0.717, 1.165) is 4.47 Å². The molecule has 1 amide bonds. The molecule has 0 aliphatic carbocycles. The van der Waals surface area contributed by atoms with Gasteiger partial charge in [0.25, 0.3) is 11.6 Å². The van der Waals surface area contributed by atoms with E-state index in [9.17, 15) is 14.9 Å². The van der Waals surface area contributed by atoms with Gasteiger partial charge in [-0.2, -0.15) is 0 Å². The third kappa shape index (κ3) is 4.60. The Bertz CT molecular complexity index is 832. The molecule has 0 saturated heterocycles. The lowest BCUT2D eigenvalue weighted by atomic mass is 10.0. The maximum atomic E-state index is 12.8. The van der Waals surface area contributed by atoms with E-state index in [2.05, 4.69) is 21.2 Å². The van der Waals surface area contributed by atoms with E-state index < -0.39 is 10.5 Å². The number of carbonyl (C=O) groups is 1. The van der Waals surface area contributed by atoms with Crippen molar-refractivity contribution in [2.45, 2.75) is 39.7 Å². The van der Waals surface area contributed by atoms with Crippen molar-refractivity contribution in [3.8, 4) is 5.75 Å². The number of benzene rings is 2. The fraction of sp³-hybridized carbons (Fsp3) is 0.316. The number of hydrogen-bond donors (Lipinski definition) is 1. The monoisotopic (exact) mass is 420 g/mol. The first-order valence-corrected chi connectivity index (χ1v) is 8.97. The first-order chi connectivity index (χ1) is 12.1. The maximum Gasteiger partial charge on any atom is 0.270 e. The number of ether oxygens (including phenoxy) is 1. The summed E-state index contributed by atoms with van der Waals surface area (Å²) in [5, 5.41) is 13.9. The SMILES string of the molecule is CCc1cc([N+](=O)[O-])cc(C)c1NC(=O)C(C)(C)Oc1ccc(Br)cc1. The van der Waals surface area contributed by atoms with Gasteiger partial charge in [-0.15, -0.1) is 0 Å². The van der Waals surface area contributed by atoms with E-state index in [-0.39, 0.29) is 11.6 Å². The fourth-order valence-electron chi connectivity index (χ4n) is 2.51. The van der Waals surface area contributed by atoms with Crippen LogP contribution in [-0.2, 0) is 11.2 Å². The molecule has 0 unspecified atom stereocenters. The number of hydrogen-bond acceptors (Lipinski definition) is 4. The van der Waals surface area contributed by atoms with Crippen LogP contribution in [-0.4, -0.2) is 16.4 Å². The minimum absolute atomic E-state index is 0.0164. The van der Waals surface area contributed by atoms with Crippen LogP contribution >= 0.6 is 15.9 Å². The van der Waals surface area contributed by atoms with Crippen LogP contribution in [0.3, 0.4) is 0 Å². The van der Waals surface area contributed by atoms with Crippen LogP contribution in [0.2, 0.25) is 0 Å². The smallest absolute Gasteiger partial charge is 0.270 e. The second-order valence-electron chi connectivity index (χ2n) is 6.43. The lowest BCUT2D eigenvalue weighted by Crippen LogP contribution is -2.42. The number of nitrogens with zero attached hydrogens (tertiary/aromatic N) is 1. The minimum atomic E-state index is -1.12. The molecule has 138 valence electrons. The van der Waals surface area contributed by atoms with Crippen molar-refractivity contribution in [2.24, 2.45) is 0 Å². The average molecular weight is 421 g/mol. The van der Waals surface area contributed by atoms with E-state index in [0.29, 0.717) is 29.0 Å². The summed E-state index contributed by atoms with van der Waals surface area (Å²) in [7, 11) is 0. The molecule has 0 aromatic heterocycles. The highest BCUT2D eigenvalue weighted by molar-refractivity contribution is 9.10. The van der Waals surface area contributed by atoms with Gasteiger partial charge in [0.15, 0.2) is 5.60 Å². The molecule has 7 heteroatoms. The summed E-state index contributed by atoms with van der Waals surface area (Å²) in [6.07, 6.45) is 0.562. The normalized spacial score (nSPS) is 11.1. The lowest BCUT2D eigenvalue weighted by molar-refractivity contribution is -0.384. The number of nitrogens with one attached hydrogen (secondary N) is 1. The fourth-order valence-corrected chi connectivity index (χ4v) is 2.77. The van der Waals surface area contributed by atoms with Gasteiger partial charge < -0.3 is 10.1 Å². The van der Waals surface area contributed by atoms with Crippen molar-refractivity contribution in [3.63, 3.8) is 0 Å². The number of non-ortho nitro benzene ring substituents is 1. The number of aryl methyl sites for hydroxylation is 2. The topological polar surface area (TPSA) is 81.5 Å². The first kappa shape index (κ1) is 19.9. The van der Waals surface area contributed by atoms with Gasteiger partial charge >= 0.3 is 0 Å². The molecule has 6 nitrogen and oxygen atoms in total. The molecule has 2 aromatic rings. The Balaban J connectivity index is 2.25. The number of anilines is 1. The highest BCUT2D eigenvalue weighted by Gasteiger charge is 2.31. The number of nitro groups is 1. The van der Waals surface area contributed by atoms with Crippen LogP contribution in [0.5, 0.6) is 5.75 Å². The molecule has 0 heterocycles. The number of amides is 1. The van der Waals surface area contributed by atoms with Gasteiger partial charge in [-0.05, 0) is 62.6 Å². The molecule has 0 saturated carbocycles. The number of rotatable bonds is 6. The molecule has 0 spiro atoms. The van der Waals surface area contributed by atoms with Crippen LogP contribution in [0.1, 0.15) is 31.9 Å². The van der Waals surface area contributed by atoms with E-state index in [1.54, 1.807) is 32.9 Å². The largest absolute Gasteiger partial charge is 0.478 e. The Morgan fingerprint density at radius 2 is 1.88 bits per heavy atom. The van der Waals surface area contributed by atoms with Gasteiger partial charge in [0.2, 0.25) is 0 Å². The van der Waals surface area contributed by atoms with Crippen LogP contribution < -0.4 is 10.1 Å². The molecule has 2 rings (SSSR count). The highest BCUT2D eigenvalue weighted by Crippen LogP contribution is 2.29. The van der Waals surface area contributed by atoms with Crippen molar-refractivity contribution >= 4 is 33.2 Å². The molecular weight excluding hydrogens is 400 g/mol. The second-order valence-corrected chi connectivity index (χ2v) is 7.34. The predicted molar refractivity (Wildman–Crippen MR) is 105 cm³/mol. The van der Waals surface area contributed by atoms with Gasteiger partial charge in [-0.3, -0.25) is 14.9 Å². The first-order valence-electron chi connectivity index (χ1n) is 8.18. The van der Waals surface area contributed by atoms with Crippen molar-refractivity contribution in [1.82, 2.24) is 0 Å². The molecule has 0 fully saturated rings. The minimum Gasteiger partial charge on any atom is -0.478 e. The molecule has 0 aliphatic heterocycles. The molecule has 0 atom stereocenters. The van der Waals surface area contributed by atoms with Crippen LogP contribution in [0.4, 0.5) is 11.4 Å². The number of halogens is 1. The molecule has 0 aliphatic rings. The Hall–Kier alpha value is -2.41. The zero-order valence-electron chi connectivity index (χ0n) is 15.1. The number of carbonyl (C=O) groups excluding carboxylic acids is 1. The van der Waals surface area contributed by atoms with Gasteiger partial charge in [-0.25, -0.2) is 0 Å². The Morgan fingerprint density at radius 1 is 1.27 bits per heavy atom. The number of nitro benzene ring substituents is 1. The molecule has 0 bridgehead atoms. The van der Waals surface area contributed by atoms with Crippen molar-refractivity contribution in [1.29, 1.82) is 0 Å². The molecule has 1 N–H and O–H groups in total.